The molecule has 0 spiro atoms. The minimum Gasteiger partial charge on any atom is -0.388 e. The van der Waals surface area contributed by atoms with E-state index in [2.05, 4.69) is 5.32 Å². The Morgan fingerprint density at radius 3 is 2.74 bits per heavy atom. The number of hydrogen-bond donors (Lipinski definition) is 3. The standard InChI is InChI=1S/C12H13F2NO4/c13-6-1-2-7(8(14)3-6)12(18)15-9-4-19-5-10(16)11(9)17/h1-3,9-11,16-17H,4-5H2,(H,15,18)/t9-,10-,11+/m1/s1. The van der Waals surface area contributed by atoms with Crippen molar-refractivity contribution >= 4 is 5.91 Å². The lowest BCUT2D eigenvalue weighted by atomic mass is 10.0. The smallest absolute Gasteiger partial charge is 0.254 e. The van der Waals surface area contributed by atoms with Gasteiger partial charge >= 0.3 is 0 Å². The van der Waals surface area contributed by atoms with E-state index in [1.807, 2.05) is 0 Å². The van der Waals surface area contributed by atoms with E-state index in [1.54, 1.807) is 0 Å². The molecule has 7 heteroatoms. The van der Waals surface area contributed by atoms with Crippen LogP contribution in [-0.4, -0.2) is 47.6 Å². The molecule has 2 rings (SSSR count). The molecule has 1 aliphatic heterocycles. The third-order valence-corrected chi connectivity index (χ3v) is 2.88. The van der Waals surface area contributed by atoms with Crippen LogP contribution in [0, 0.1) is 11.6 Å². The van der Waals surface area contributed by atoms with Gasteiger partial charge in [-0.3, -0.25) is 4.79 Å². The van der Waals surface area contributed by atoms with Crippen molar-refractivity contribution < 1.29 is 28.5 Å². The van der Waals surface area contributed by atoms with E-state index in [1.165, 1.54) is 0 Å². The maximum Gasteiger partial charge on any atom is 0.254 e. The Balaban J connectivity index is 2.08. The van der Waals surface area contributed by atoms with Crippen LogP contribution in [0.2, 0.25) is 0 Å². The summed E-state index contributed by atoms with van der Waals surface area (Å²) in [7, 11) is 0. The van der Waals surface area contributed by atoms with Crippen molar-refractivity contribution in [2.75, 3.05) is 13.2 Å². The van der Waals surface area contributed by atoms with E-state index >= 15 is 0 Å². The fraction of sp³-hybridized carbons (Fsp3) is 0.417. The Hall–Kier alpha value is -1.57. The van der Waals surface area contributed by atoms with E-state index < -0.39 is 35.8 Å². The molecule has 0 bridgehead atoms. The minimum absolute atomic E-state index is 0.00673. The van der Waals surface area contributed by atoms with Crippen molar-refractivity contribution in [2.24, 2.45) is 0 Å². The zero-order chi connectivity index (χ0) is 14.0. The number of aliphatic hydroxyl groups excluding tert-OH is 2. The van der Waals surface area contributed by atoms with Crippen molar-refractivity contribution in [1.29, 1.82) is 0 Å². The Kier molecular flexibility index (Phi) is 4.08. The van der Waals surface area contributed by atoms with E-state index in [4.69, 9.17) is 4.74 Å². The van der Waals surface area contributed by atoms with E-state index in [0.717, 1.165) is 12.1 Å². The lowest BCUT2D eigenvalue weighted by Crippen LogP contribution is -2.55. The number of rotatable bonds is 2. The summed E-state index contributed by atoms with van der Waals surface area (Å²) < 4.78 is 31.1. The van der Waals surface area contributed by atoms with Crippen molar-refractivity contribution in [3.05, 3.63) is 35.4 Å². The van der Waals surface area contributed by atoms with Crippen molar-refractivity contribution in [3.63, 3.8) is 0 Å². The first kappa shape index (κ1) is 13.9. The molecule has 1 heterocycles. The maximum atomic E-state index is 13.4. The molecule has 0 saturated carbocycles. The summed E-state index contributed by atoms with van der Waals surface area (Å²) in [5.41, 5.74) is -0.339. The maximum absolute atomic E-state index is 13.4. The second-order valence-electron chi connectivity index (χ2n) is 4.30. The van der Waals surface area contributed by atoms with Gasteiger partial charge in [0.15, 0.2) is 0 Å². The van der Waals surface area contributed by atoms with Crippen LogP contribution in [0.25, 0.3) is 0 Å². The molecule has 1 amide bonds. The third-order valence-electron chi connectivity index (χ3n) is 2.88. The lowest BCUT2D eigenvalue weighted by molar-refractivity contribution is -0.102. The number of carbonyl (C=O) groups is 1. The van der Waals surface area contributed by atoms with Gasteiger partial charge in [0.1, 0.15) is 23.8 Å². The van der Waals surface area contributed by atoms with Crippen LogP contribution in [0.3, 0.4) is 0 Å². The molecule has 0 radical (unpaired) electrons. The molecule has 104 valence electrons. The van der Waals surface area contributed by atoms with E-state index in [-0.39, 0.29) is 18.8 Å². The summed E-state index contributed by atoms with van der Waals surface area (Å²) in [6.45, 7) is -0.0226. The van der Waals surface area contributed by atoms with Gasteiger partial charge in [-0.15, -0.1) is 0 Å². The first-order valence-electron chi connectivity index (χ1n) is 5.69. The molecule has 1 fully saturated rings. The summed E-state index contributed by atoms with van der Waals surface area (Å²) in [6.07, 6.45) is -2.31. The average Bonchev–Trinajstić information content (AvgIpc) is 2.34. The number of benzene rings is 1. The minimum atomic E-state index is -1.19. The van der Waals surface area contributed by atoms with Gasteiger partial charge in [0.2, 0.25) is 0 Å². The molecule has 1 aromatic carbocycles. The number of aliphatic hydroxyl groups is 2. The summed E-state index contributed by atoms with van der Waals surface area (Å²) in [5, 5.41) is 21.4. The number of carbonyl (C=O) groups excluding carboxylic acids is 1. The van der Waals surface area contributed by atoms with E-state index in [0.29, 0.717) is 6.07 Å². The SMILES string of the molecule is O=C(N[C@@H]1COC[C@@H](O)[C@H]1O)c1ccc(F)cc1F. The average molecular weight is 273 g/mol. The zero-order valence-corrected chi connectivity index (χ0v) is 9.85. The van der Waals surface area contributed by atoms with Crippen molar-refractivity contribution in [1.82, 2.24) is 5.32 Å². The molecular weight excluding hydrogens is 260 g/mol. The van der Waals surface area contributed by atoms with Crippen LogP contribution in [0.4, 0.5) is 8.78 Å². The first-order chi connectivity index (χ1) is 8.99. The second kappa shape index (κ2) is 5.60. The van der Waals surface area contributed by atoms with Crippen LogP contribution in [0.1, 0.15) is 10.4 Å². The largest absolute Gasteiger partial charge is 0.388 e. The Morgan fingerprint density at radius 2 is 2.05 bits per heavy atom. The number of amides is 1. The van der Waals surface area contributed by atoms with Crippen molar-refractivity contribution in [3.8, 4) is 0 Å². The summed E-state index contributed by atoms with van der Waals surface area (Å²) in [5.74, 6) is -2.59. The fourth-order valence-electron chi connectivity index (χ4n) is 1.83. The third kappa shape index (κ3) is 3.06. The zero-order valence-electron chi connectivity index (χ0n) is 9.85. The summed E-state index contributed by atoms with van der Waals surface area (Å²) >= 11 is 0. The topological polar surface area (TPSA) is 78.8 Å². The highest BCUT2D eigenvalue weighted by Crippen LogP contribution is 2.12. The number of ether oxygens (including phenoxy) is 1. The predicted molar refractivity (Wildman–Crippen MR) is 60.4 cm³/mol. The Morgan fingerprint density at radius 1 is 1.32 bits per heavy atom. The quantitative estimate of drug-likeness (QED) is 0.698. The highest BCUT2D eigenvalue weighted by Gasteiger charge is 2.32. The second-order valence-corrected chi connectivity index (χ2v) is 4.30. The van der Waals surface area contributed by atoms with Gasteiger partial charge in [0.05, 0.1) is 24.8 Å². The number of halogens is 2. The van der Waals surface area contributed by atoms with Gasteiger partial charge in [-0.1, -0.05) is 0 Å². The normalized spacial score (nSPS) is 27.1. The van der Waals surface area contributed by atoms with Gasteiger partial charge in [0, 0.05) is 6.07 Å². The highest BCUT2D eigenvalue weighted by molar-refractivity contribution is 5.94. The molecule has 1 aromatic rings. The predicted octanol–water partition coefficient (Wildman–Crippen LogP) is -0.185. The van der Waals surface area contributed by atoms with Crippen LogP contribution in [-0.2, 0) is 4.74 Å². The highest BCUT2D eigenvalue weighted by atomic mass is 19.1. The Labute approximate surface area is 107 Å². The number of hydrogen-bond acceptors (Lipinski definition) is 4. The van der Waals surface area contributed by atoms with Crippen molar-refractivity contribution in [2.45, 2.75) is 18.2 Å². The van der Waals surface area contributed by atoms with Gasteiger partial charge in [0.25, 0.3) is 5.91 Å². The lowest BCUT2D eigenvalue weighted by Gasteiger charge is -2.32. The van der Waals surface area contributed by atoms with Gasteiger partial charge < -0.3 is 20.3 Å². The van der Waals surface area contributed by atoms with Gasteiger partial charge in [-0.2, -0.15) is 0 Å². The molecule has 3 N–H and O–H groups in total. The molecule has 0 aromatic heterocycles. The van der Waals surface area contributed by atoms with Crippen LogP contribution >= 0.6 is 0 Å². The molecule has 3 atom stereocenters. The van der Waals surface area contributed by atoms with Crippen LogP contribution in [0.5, 0.6) is 0 Å². The summed E-state index contributed by atoms with van der Waals surface area (Å²) in [4.78, 5) is 11.8. The van der Waals surface area contributed by atoms with Gasteiger partial charge in [-0.05, 0) is 12.1 Å². The summed E-state index contributed by atoms with van der Waals surface area (Å²) in [6, 6.07) is 1.71. The molecule has 0 unspecified atom stereocenters. The molecule has 5 nitrogen and oxygen atoms in total. The fourth-order valence-corrected chi connectivity index (χ4v) is 1.83. The monoisotopic (exact) mass is 273 g/mol. The van der Waals surface area contributed by atoms with E-state index in [9.17, 15) is 23.8 Å². The molecule has 19 heavy (non-hydrogen) atoms. The first-order valence-corrected chi connectivity index (χ1v) is 5.69. The van der Waals surface area contributed by atoms with Crippen LogP contribution in [0.15, 0.2) is 18.2 Å². The Bertz CT molecular complexity index is 483. The molecular formula is C12H13F2NO4. The number of nitrogens with one attached hydrogen (secondary N) is 1. The molecule has 0 aliphatic carbocycles. The molecule has 1 aliphatic rings. The molecule has 1 saturated heterocycles. The van der Waals surface area contributed by atoms with Crippen LogP contribution < -0.4 is 5.32 Å². The van der Waals surface area contributed by atoms with Gasteiger partial charge in [-0.25, -0.2) is 8.78 Å².